The molecule has 0 heterocycles. The SMILES string of the molecule is CC(C)(CO)CNC(N)=O. The third kappa shape index (κ3) is 4.14. The van der Waals surface area contributed by atoms with Crippen LogP contribution in [0.1, 0.15) is 13.8 Å². The second kappa shape index (κ2) is 3.41. The molecule has 0 unspecified atom stereocenters. The number of nitrogens with two attached hydrogens (primary N) is 1. The van der Waals surface area contributed by atoms with E-state index in [0.29, 0.717) is 6.54 Å². The van der Waals surface area contributed by atoms with Gasteiger partial charge in [0.15, 0.2) is 0 Å². The van der Waals surface area contributed by atoms with Gasteiger partial charge < -0.3 is 16.2 Å². The van der Waals surface area contributed by atoms with Crippen molar-refractivity contribution in [1.82, 2.24) is 5.32 Å². The van der Waals surface area contributed by atoms with E-state index in [1.54, 1.807) is 0 Å². The number of hydrogen-bond donors (Lipinski definition) is 3. The summed E-state index contributed by atoms with van der Waals surface area (Å²) in [6.07, 6.45) is 0. The van der Waals surface area contributed by atoms with Crippen LogP contribution in [0.2, 0.25) is 0 Å². The van der Waals surface area contributed by atoms with Gasteiger partial charge in [-0.3, -0.25) is 0 Å². The van der Waals surface area contributed by atoms with E-state index in [0.717, 1.165) is 0 Å². The predicted molar refractivity (Wildman–Crippen MR) is 38.5 cm³/mol. The van der Waals surface area contributed by atoms with Gasteiger partial charge >= 0.3 is 6.03 Å². The maximum atomic E-state index is 10.2. The van der Waals surface area contributed by atoms with Crippen molar-refractivity contribution in [2.45, 2.75) is 13.8 Å². The average molecular weight is 146 g/mol. The Morgan fingerprint density at radius 2 is 2.20 bits per heavy atom. The number of rotatable bonds is 3. The van der Waals surface area contributed by atoms with Crippen LogP contribution < -0.4 is 11.1 Å². The molecule has 0 spiro atoms. The quantitative estimate of drug-likeness (QED) is 0.510. The van der Waals surface area contributed by atoms with Gasteiger partial charge in [0.2, 0.25) is 0 Å². The number of aliphatic hydroxyl groups is 1. The highest BCUT2D eigenvalue weighted by Gasteiger charge is 2.16. The van der Waals surface area contributed by atoms with Crippen LogP contribution in [0.4, 0.5) is 4.79 Å². The molecule has 0 bridgehead atoms. The number of amides is 2. The molecule has 2 amide bonds. The Morgan fingerprint density at radius 3 is 2.50 bits per heavy atom. The van der Waals surface area contributed by atoms with Gasteiger partial charge in [0, 0.05) is 18.6 Å². The Hall–Kier alpha value is -0.770. The standard InChI is InChI=1S/C6H14N2O2/c1-6(2,4-9)3-8-5(7)10/h9H,3-4H2,1-2H3,(H3,7,8,10). The van der Waals surface area contributed by atoms with Crippen molar-refractivity contribution in [2.24, 2.45) is 11.1 Å². The minimum atomic E-state index is -0.554. The molecule has 0 atom stereocenters. The van der Waals surface area contributed by atoms with E-state index < -0.39 is 6.03 Å². The summed E-state index contributed by atoms with van der Waals surface area (Å²) in [6.45, 7) is 4.11. The summed E-state index contributed by atoms with van der Waals surface area (Å²) in [5.74, 6) is 0. The Morgan fingerprint density at radius 1 is 1.70 bits per heavy atom. The molecular weight excluding hydrogens is 132 g/mol. The summed E-state index contributed by atoms with van der Waals surface area (Å²) in [7, 11) is 0. The number of nitrogens with one attached hydrogen (secondary N) is 1. The van der Waals surface area contributed by atoms with Crippen LogP contribution in [0.3, 0.4) is 0 Å². The number of primary amides is 1. The second-order valence-corrected chi connectivity index (χ2v) is 3.04. The molecule has 0 aliphatic carbocycles. The van der Waals surface area contributed by atoms with Gasteiger partial charge in [0.1, 0.15) is 0 Å². The Kier molecular flexibility index (Phi) is 3.15. The first kappa shape index (κ1) is 9.23. The fraction of sp³-hybridized carbons (Fsp3) is 0.833. The number of carbonyl (C=O) groups excluding carboxylic acids is 1. The zero-order valence-corrected chi connectivity index (χ0v) is 6.35. The normalized spacial score (nSPS) is 11.1. The number of carbonyl (C=O) groups is 1. The third-order valence-electron chi connectivity index (χ3n) is 1.17. The Balaban J connectivity index is 3.56. The second-order valence-electron chi connectivity index (χ2n) is 3.04. The lowest BCUT2D eigenvalue weighted by atomic mass is 9.95. The summed E-state index contributed by atoms with van der Waals surface area (Å²) in [5.41, 5.74) is 4.54. The minimum absolute atomic E-state index is 0.0350. The van der Waals surface area contributed by atoms with Crippen LogP contribution in [-0.4, -0.2) is 24.3 Å². The topological polar surface area (TPSA) is 75.3 Å². The molecule has 0 radical (unpaired) electrons. The molecule has 0 saturated heterocycles. The van der Waals surface area contributed by atoms with Crippen LogP contribution in [0.5, 0.6) is 0 Å². The van der Waals surface area contributed by atoms with Crippen LogP contribution in [0.25, 0.3) is 0 Å². The summed E-state index contributed by atoms with van der Waals surface area (Å²) >= 11 is 0. The van der Waals surface area contributed by atoms with Crippen LogP contribution in [0.15, 0.2) is 0 Å². The van der Waals surface area contributed by atoms with E-state index >= 15 is 0 Å². The predicted octanol–water partition coefficient (Wildman–Crippen LogP) is -0.327. The molecule has 0 fully saturated rings. The molecule has 0 aromatic heterocycles. The lowest BCUT2D eigenvalue weighted by Crippen LogP contribution is -2.38. The molecule has 60 valence electrons. The molecule has 4 heteroatoms. The van der Waals surface area contributed by atoms with Gasteiger partial charge in [0.05, 0.1) is 0 Å². The van der Waals surface area contributed by atoms with Crippen molar-refractivity contribution in [3.63, 3.8) is 0 Å². The van der Waals surface area contributed by atoms with Crippen molar-refractivity contribution in [1.29, 1.82) is 0 Å². The lowest BCUT2D eigenvalue weighted by Gasteiger charge is -2.20. The maximum Gasteiger partial charge on any atom is 0.312 e. The summed E-state index contributed by atoms with van der Waals surface area (Å²) in [5, 5.41) is 11.1. The highest BCUT2D eigenvalue weighted by molar-refractivity contribution is 5.71. The Labute approximate surface area is 60.4 Å². The first-order valence-corrected chi connectivity index (χ1v) is 3.12. The fourth-order valence-corrected chi connectivity index (χ4v) is 0.382. The smallest absolute Gasteiger partial charge is 0.312 e. The van der Waals surface area contributed by atoms with Gasteiger partial charge in [-0.25, -0.2) is 4.79 Å². The van der Waals surface area contributed by atoms with E-state index in [9.17, 15) is 4.79 Å². The minimum Gasteiger partial charge on any atom is -0.396 e. The van der Waals surface area contributed by atoms with Crippen molar-refractivity contribution in [2.75, 3.05) is 13.2 Å². The Bertz CT molecular complexity index is 123. The highest BCUT2D eigenvalue weighted by Crippen LogP contribution is 2.10. The largest absolute Gasteiger partial charge is 0.396 e. The van der Waals surface area contributed by atoms with Crippen molar-refractivity contribution in [3.8, 4) is 0 Å². The van der Waals surface area contributed by atoms with E-state index in [2.05, 4.69) is 5.32 Å². The van der Waals surface area contributed by atoms with Gasteiger partial charge in [-0.15, -0.1) is 0 Å². The molecule has 0 aliphatic heterocycles. The number of urea groups is 1. The number of hydrogen-bond acceptors (Lipinski definition) is 2. The molecule has 0 aromatic rings. The van der Waals surface area contributed by atoms with Gasteiger partial charge in [-0.1, -0.05) is 13.8 Å². The first-order chi connectivity index (χ1) is 4.48. The molecule has 0 aliphatic rings. The van der Waals surface area contributed by atoms with Gasteiger partial charge in [0.25, 0.3) is 0 Å². The summed E-state index contributed by atoms with van der Waals surface area (Å²) < 4.78 is 0. The van der Waals surface area contributed by atoms with E-state index in [4.69, 9.17) is 10.8 Å². The molecule has 4 nitrogen and oxygen atoms in total. The van der Waals surface area contributed by atoms with Crippen molar-refractivity contribution in [3.05, 3.63) is 0 Å². The first-order valence-electron chi connectivity index (χ1n) is 3.12. The molecular formula is C6H14N2O2. The molecule has 0 saturated carbocycles. The van der Waals surface area contributed by atoms with E-state index in [1.807, 2.05) is 13.8 Å². The van der Waals surface area contributed by atoms with Gasteiger partial charge in [-0.05, 0) is 0 Å². The zero-order chi connectivity index (χ0) is 8.20. The molecule has 4 N–H and O–H groups in total. The van der Waals surface area contributed by atoms with Crippen molar-refractivity contribution < 1.29 is 9.90 Å². The van der Waals surface area contributed by atoms with Crippen LogP contribution in [0, 0.1) is 5.41 Å². The van der Waals surface area contributed by atoms with Crippen LogP contribution >= 0.6 is 0 Å². The average Bonchev–Trinajstić information content (AvgIpc) is 1.85. The van der Waals surface area contributed by atoms with Gasteiger partial charge in [-0.2, -0.15) is 0 Å². The molecule has 10 heavy (non-hydrogen) atoms. The van der Waals surface area contributed by atoms with E-state index in [-0.39, 0.29) is 12.0 Å². The molecule has 0 aromatic carbocycles. The molecule has 0 rings (SSSR count). The maximum absolute atomic E-state index is 10.2. The fourth-order valence-electron chi connectivity index (χ4n) is 0.382. The monoisotopic (exact) mass is 146 g/mol. The van der Waals surface area contributed by atoms with E-state index in [1.165, 1.54) is 0 Å². The third-order valence-corrected chi connectivity index (χ3v) is 1.17. The summed E-state index contributed by atoms with van der Waals surface area (Å²) in [6, 6.07) is -0.554. The van der Waals surface area contributed by atoms with Crippen molar-refractivity contribution >= 4 is 6.03 Å². The van der Waals surface area contributed by atoms with Crippen LogP contribution in [-0.2, 0) is 0 Å². The summed E-state index contributed by atoms with van der Waals surface area (Å²) in [4.78, 5) is 10.2. The lowest BCUT2D eigenvalue weighted by molar-refractivity contribution is 0.158. The number of aliphatic hydroxyl groups excluding tert-OH is 1. The highest BCUT2D eigenvalue weighted by atomic mass is 16.3. The zero-order valence-electron chi connectivity index (χ0n) is 6.35.